The van der Waals surface area contributed by atoms with E-state index < -0.39 is 59.7 Å². The molecule has 18 heteroatoms. The second-order valence-corrected chi connectivity index (χ2v) is 15.1. The van der Waals surface area contributed by atoms with Crippen molar-refractivity contribution >= 4 is 58.7 Å². The van der Waals surface area contributed by atoms with Gasteiger partial charge in [0.25, 0.3) is 35.3 Å². The van der Waals surface area contributed by atoms with E-state index in [-0.39, 0.29) is 83.8 Å². The largest absolute Gasteiger partial charge is 0.593 e. The average Bonchev–Trinajstić information content (AvgIpc) is 3.77. The summed E-state index contributed by atoms with van der Waals surface area (Å²) < 4.78 is 5.59. The maximum atomic E-state index is 13.2. The number of ether oxygens (including phenoxy) is 1. The molecule has 62 heavy (non-hydrogen) atoms. The second kappa shape index (κ2) is 19.8. The number of imide groups is 2. The summed E-state index contributed by atoms with van der Waals surface area (Å²) in [6.07, 6.45) is 4.59. The molecule has 6 rings (SSSR count). The Morgan fingerprint density at radius 1 is 0.935 bits per heavy atom. The highest BCUT2D eigenvalue weighted by atomic mass is 16.5. The van der Waals surface area contributed by atoms with Gasteiger partial charge in [-0.05, 0) is 73.6 Å². The number of phenols is 1. The molecule has 1 fully saturated rings. The van der Waals surface area contributed by atoms with Crippen LogP contribution in [0.2, 0.25) is 0 Å². The SMILES string of the molecule is CN(CCNC(=O)CCCCCNC(=O)COc1cccc2c1C(=O)N(C1CCC(=O)NC1=O)C2=O)C(=O)c1ccc(/C([OH2+])=C/C(=N)C(=O)NC2CCc3ccccc32)cc1O. The van der Waals surface area contributed by atoms with E-state index in [9.17, 15) is 43.5 Å². The first-order valence-corrected chi connectivity index (χ1v) is 20.2. The van der Waals surface area contributed by atoms with Crippen LogP contribution in [-0.2, 0) is 30.4 Å². The molecule has 3 aromatic rings. The summed E-state index contributed by atoms with van der Waals surface area (Å²) in [5.74, 6) is -5.02. The van der Waals surface area contributed by atoms with Gasteiger partial charge in [0, 0.05) is 39.5 Å². The molecule has 0 aromatic heterocycles. The molecule has 2 heterocycles. The molecule has 8 N–H and O–H groups in total. The van der Waals surface area contributed by atoms with Gasteiger partial charge in [0.15, 0.2) is 6.61 Å². The van der Waals surface area contributed by atoms with Crippen molar-refractivity contribution in [2.24, 2.45) is 0 Å². The van der Waals surface area contributed by atoms with Gasteiger partial charge in [-0.2, -0.15) is 0 Å². The summed E-state index contributed by atoms with van der Waals surface area (Å²) in [6.45, 7) is 0.171. The molecule has 0 saturated carbocycles. The van der Waals surface area contributed by atoms with E-state index in [0.29, 0.717) is 25.8 Å². The maximum Gasteiger partial charge on any atom is 0.269 e. The number of phenolic OH excluding ortho intramolecular Hbond substituents is 1. The fourth-order valence-corrected chi connectivity index (χ4v) is 7.49. The number of likely N-dealkylation sites (N-methyl/N-ethyl adjacent to an activating group) is 1. The second-order valence-electron chi connectivity index (χ2n) is 15.1. The Hall–Kier alpha value is -7.37. The van der Waals surface area contributed by atoms with Crippen LogP contribution in [0.5, 0.6) is 11.5 Å². The standard InChI is InChI=1S/C44H47N7O11/c1-50(42(59)28-15-13-26(22-34(28)53)33(52)23-30(45)40(57)48-31-16-14-25-8-4-5-9-27(25)31)21-20-47-36(54)12-3-2-6-19-46-38(56)24-62-35-11-7-10-29-39(35)44(61)51(43(29)60)32-17-18-37(55)49-41(32)58/h4-5,7-11,13,15,22-23,31-32,45,52-53H,2-3,6,12,14,16-21,24H2,1H3,(H,46,56)(H,47,54)(H,48,57)(H,49,55,58)/p+1/b33-23-,45-30?. The fourth-order valence-electron chi connectivity index (χ4n) is 7.49. The number of unbranched alkanes of at least 4 members (excludes halogenated alkanes) is 2. The zero-order chi connectivity index (χ0) is 44.5. The van der Waals surface area contributed by atoms with Crippen LogP contribution in [0.3, 0.4) is 0 Å². The maximum absolute atomic E-state index is 13.2. The number of aryl methyl sites for hydroxylation is 1. The monoisotopic (exact) mass is 850 g/mol. The Kier molecular flexibility index (Phi) is 14.1. The van der Waals surface area contributed by atoms with E-state index in [0.717, 1.165) is 34.9 Å². The lowest BCUT2D eigenvalue weighted by Crippen LogP contribution is -2.54. The minimum absolute atomic E-state index is 0.0100. The van der Waals surface area contributed by atoms with Gasteiger partial charge in [-0.1, -0.05) is 36.8 Å². The Morgan fingerprint density at radius 3 is 2.48 bits per heavy atom. The molecule has 8 amide bonds. The number of hydrogen-bond donors (Lipinski definition) is 6. The number of piperidine rings is 1. The van der Waals surface area contributed by atoms with Crippen LogP contribution < -0.4 is 26.0 Å². The molecular weight excluding hydrogens is 803 g/mol. The predicted octanol–water partition coefficient (Wildman–Crippen LogP) is 1.63. The van der Waals surface area contributed by atoms with Crippen molar-refractivity contribution in [2.75, 3.05) is 33.3 Å². The molecule has 2 unspecified atom stereocenters. The van der Waals surface area contributed by atoms with Gasteiger partial charge in [0.1, 0.15) is 23.3 Å². The van der Waals surface area contributed by atoms with Crippen molar-refractivity contribution in [1.82, 2.24) is 31.1 Å². The Bertz CT molecular complexity index is 2360. The highest BCUT2D eigenvalue weighted by Crippen LogP contribution is 2.34. The number of rotatable bonds is 18. The number of benzene rings is 3. The lowest BCUT2D eigenvalue weighted by atomic mass is 10.0. The van der Waals surface area contributed by atoms with Crippen molar-refractivity contribution in [1.29, 1.82) is 5.41 Å². The van der Waals surface area contributed by atoms with E-state index in [1.54, 1.807) is 0 Å². The third-order valence-electron chi connectivity index (χ3n) is 10.8. The molecular formula is C44H48N7O11+. The number of nitrogens with one attached hydrogen (secondary N) is 5. The van der Waals surface area contributed by atoms with E-state index in [1.807, 2.05) is 24.3 Å². The summed E-state index contributed by atoms with van der Waals surface area (Å²) in [4.78, 5) is 103. The molecule has 324 valence electrons. The summed E-state index contributed by atoms with van der Waals surface area (Å²) in [5, 5.41) is 37.7. The number of amides is 8. The number of carbonyl (C=O) groups is 8. The zero-order valence-electron chi connectivity index (χ0n) is 34.0. The van der Waals surface area contributed by atoms with Crippen LogP contribution in [0.4, 0.5) is 0 Å². The molecule has 0 radical (unpaired) electrons. The van der Waals surface area contributed by atoms with Crippen molar-refractivity contribution in [3.8, 4) is 11.5 Å². The van der Waals surface area contributed by atoms with Gasteiger partial charge in [0.05, 0.1) is 34.4 Å². The number of fused-ring (bicyclic) bond motifs is 2. The summed E-state index contributed by atoms with van der Waals surface area (Å²) in [6, 6.07) is 14.9. The smallest absolute Gasteiger partial charge is 0.269 e. The molecule has 0 spiro atoms. The van der Waals surface area contributed by atoms with Gasteiger partial charge < -0.3 is 35.8 Å². The third-order valence-corrected chi connectivity index (χ3v) is 10.8. The fraction of sp³-hybridized carbons (Fsp3) is 0.341. The van der Waals surface area contributed by atoms with Crippen LogP contribution in [0, 0.1) is 5.41 Å². The van der Waals surface area contributed by atoms with Crippen molar-refractivity contribution in [3.05, 3.63) is 100 Å². The van der Waals surface area contributed by atoms with Gasteiger partial charge in [0.2, 0.25) is 17.7 Å². The summed E-state index contributed by atoms with van der Waals surface area (Å²) in [5.41, 5.74) is 1.93. The topological polar surface area (TPSA) is 267 Å². The number of carbonyl (C=O) groups excluding carboxylic acids is 8. The van der Waals surface area contributed by atoms with Crippen LogP contribution in [0.15, 0.2) is 66.7 Å². The average molecular weight is 851 g/mol. The van der Waals surface area contributed by atoms with Crippen LogP contribution in [0.1, 0.15) is 98.8 Å². The molecule has 0 bridgehead atoms. The molecule has 3 aromatic carbocycles. The number of hydrogen-bond acceptors (Lipinski definition) is 11. The first-order chi connectivity index (χ1) is 29.7. The molecule has 1 saturated heterocycles. The van der Waals surface area contributed by atoms with Crippen LogP contribution >= 0.6 is 0 Å². The van der Waals surface area contributed by atoms with Gasteiger partial charge in [-0.3, -0.25) is 54.0 Å². The van der Waals surface area contributed by atoms with Crippen LogP contribution in [0.25, 0.3) is 5.76 Å². The molecule has 3 aliphatic rings. The van der Waals surface area contributed by atoms with Gasteiger partial charge >= 0.3 is 0 Å². The van der Waals surface area contributed by atoms with E-state index in [4.69, 9.17) is 15.3 Å². The molecule has 2 atom stereocenters. The van der Waals surface area contributed by atoms with Crippen molar-refractivity contribution < 1.29 is 53.3 Å². The Balaban J connectivity index is 0.848. The molecule has 1 aliphatic carbocycles. The number of nitrogens with zero attached hydrogens (tertiary/aromatic N) is 2. The molecule has 18 nitrogen and oxygen atoms in total. The lowest BCUT2D eigenvalue weighted by Gasteiger charge is -2.27. The van der Waals surface area contributed by atoms with E-state index in [2.05, 4.69) is 21.3 Å². The van der Waals surface area contributed by atoms with Gasteiger partial charge in [-0.15, -0.1) is 0 Å². The highest BCUT2D eigenvalue weighted by Gasteiger charge is 2.46. The van der Waals surface area contributed by atoms with E-state index in [1.165, 1.54) is 48.3 Å². The van der Waals surface area contributed by atoms with Gasteiger partial charge in [-0.25, -0.2) is 0 Å². The van der Waals surface area contributed by atoms with Crippen LogP contribution in [-0.4, -0.2) is 112 Å². The van der Waals surface area contributed by atoms with E-state index >= 15 is 0 Å². The minimum Gasteiger partial charge on any atom is -0.593 e. The van der Waals surface area contributed by atoms with Crippen molar-refractivity contribution in [2.45, 2.75) is 63.5 Å². The summed E-state index contributed by atoms with van der Waals surface area (Å²) in [7, 11) is 1.52. The van der Waals surface area contributed by atoms with Crippen molar-refractivity contribution in [3.63, 3.8) is 0 Å². The minimum atomic E-state index is -1.13. The zero-order valence-corrected chi connectivity index (χ0v) is 34.0. The Morgan fingerprint density at radius 2 is 1.71 bits per heavy atom. The quantitative estimate of drug-likeness (QED) is 0.0354. The first kappa shape index (κ1) is 44.2. The highest BCUT2D eigenvalue weighted by molar-refractivity contribution is 6.43. The molecule has 2 aliphatic heterocycles. The lowest BCUT2D eigenvalue weighted by molar-refractivity contribution is -0.136. The first-order valence-electron chi connectivity index (χ1n) is 20.2. The number of aromatic hydroxyl groups is 1. The normalized spacial score (nSPS) is 16.9. The predicted molar refractivity (Wildman–Crippen MR) is 223 cm³/mol. The summed E-state index contributed by atoms with van der Waals surface area (Å²) >= 11 is 0. The Labute approximate surface area is 356 Å². The third kappa shape index (κ3) is 10.3.